The zero-order chi connectivity index (χ0) is 10.7. The van der Waals surface area contributed by atoms with Gasteiger partial charge >= 0.3 is 5.97 Å². The van der Waals surface area contributed by atoms with E-state index in [9.17, 15) is 9.59 Å². The number of carboxylic acid groups (broad SMARTS) is 1. The van der Waals surface area contributed by atoms with Gasteiger partial charge in [0.15, 0.2) is 0 Å². The number of ketones is 1. The van der Waals surface area contributed by atoms with Gasteiger partial charge in [0.1, 0.15) is 5.78 Å². The maximum absolute atomic E-state index is 11.1. The van der Waals surface area contributed by atoms with E-state index in [0.29, 0.717) is 12.8 Å². The van der Waals surface area contributed by atoms with E-state index in [-0.39, 0.29) is 17.7 Å². The number of hydrogen-bond donors (Lipinski definition) is 1. The lowest BCUT2D eigenvalue weighted by Crippen LogP contribution is -2.44. The summed E-state index contributed by atoms with van der Waals surface area (Å²) >= 11 is 0. The zero-order valence-corrected chi connectivity index (χ0v) is 8.69. The van der Waals surface area contributed by atoms with Gasteiger partial charge in [0, 0.05) is 0 Å². The van der Waals surface area contributed by atoms with Crippen molar-refractivity contribution >= 4 is 11.8 Å². The number of aliphatic carboxylic acids is 1. The maximum atomic E-state index is 11.1. The summed E-state index contributed by atoms with van der Waals surface area (Å²) in [6.07, 6.45) is 1.32. The van der Waals surface area contributed by atoms with Crippen molar-refractivity contribution in [2.75, 3.05) is 13.1 Å². The number of carbonyl (C=O) groups is 2. The average Bonchev–Trinajstić information content (AvgIpc) is 2.16. The van der Waals surface area contributed by atoms with Gasteiger partial charge in [-0.25, -0.2) is 0 Å². The molecular weight excluding hydrogens is 182 g/mol. The Hall–Kier alpha value is -0.900. The quantitative estimate of drug-likeness (QED) is 0.729. The maximum Gasteiger partial charge on any atom is 0.306 e. The molecule has 1 fully saturated rings. The van der Waals surface area contributed by atoms with Crippen molar-refractivity contribution in [1.29, 1.82) is 0 Å². The van der Waals surface area contributed by atoms with E-state index in [1.165, 1.54) is 0 Å². The lowest BCUT2D eigenvalue weighted by atomic mass is 9.96. The molecule has 0 spiro atoms. The molecule has 1 aliphatic heterocycles. The molecule has 14 heavy (non-hydrogen) atoms. The van der Waals surface area contributed by atoms with E-state index in [4.69, 9.17) is 5.11 Å². The summed E-state index contributed by atoms with van der Waals surface area (Å²) in [5.74, 6) is -0.774. The molecule has 0 saturated carbocycles. The van der Waals surface area contributed by atoms with E-state index in [1.807, 2.05) is 6.92 Å². The Kier molecular flexibility index (Phi) is 3.63. The fourth-order valence-electron chi connectivity index (χ4n) is 1.79. The minimum Gasteiger partial charge on any atom is -0.481 e. The van der Waals surface area contributed by atoms with E-state index < -0.39 is 5.97 Å². The Morgan fingerprint density at radius 3 is 2.21 bits per heavy atom. The van der Waals surface area contributed by atoms with Crippen LogP contribution in [0.15, 0.2) is 0 Å². The molecule has 1 heterocycles. The van der Waals surface area contributed by atoms with Crippen LogP contribution in [0, 0.1) is 5.92 Å². The molecule has 80 valence electrons. The number of nitrogens with zero attached hydrogens (tertiary/aromatic N) is 1. The standard InChI is InChI=1S/C10H17NO3/c1-7(8(2)12)11-5-3-9(4-6-11)10(13)14/h7,9H,3-6H2,1-2H3,(H,13,14). The molecule has 1 rings (SSSR count). The highest BCUT2D eigenvalue weighted by atomic mass is 16.4. The summed E-state index contributed by atoms with van der Waals surface area (Å²) in [5, 5.41) is 8.79. The summed E-state index contributed by atoms with van der Waals surface area (Å²) in [5.41, 5.74) is 0. The van der Waals surface area contributed by atoms with Gasteiger partial charge in [-0.2, -0.15) is 0 Å². The third kappa shape index (κ3) is 2.54. The predicted octanol–water partition coefficient (Wildman–Crippen LogP) is 0.760. The van der Waals surface area contributed by atoms with Crippen LogP contribution in [0.4, 0.5) is 0 Å². The Morgan fingerprint density at radius 1 is 1.36 bits per heavy atom. The highest BCUT2D eigenvalue weighted by Gasteiger charge is 2.27. The van der Waals surface area contributed by atoms with Crippen LogP contribution in [-0.2, 0) is 9.59 Å². The van der Waals surface area contributed by atoms with Gasteiger partial charge in [-0.3, -0.25) is 14.5 Å². The Bertz CT molecular complexity index is 232. The number of carbonyl (C=O) groups excluding carboxylic acids is 1. The second-order valence-electron chi connectivity index (χ2n) is 3.94. The fraction of sp³-hybridized carbons (Fsp3) is 0.800. The smallest absolute Gasteiger partial charge is 0.306 e. The van der Waals surface area contributed by atoms with Crippen molar-refractivity contribution in [3.05, 3.63) is 0 Å². The van der Waals surface area contributed by atoms with Gasteiger partial charge in [-0.1, -0.05) is 0 Å². The van der Waals surface area contributed by atoms with Crippen LogP contribution < -0.4 is 0 Å². The molecular formula is C10H17NO3. The van der Waals surface area contributed by atoms with Crippen molar-refractivity contribution < 1.29 is 14.7 Å². The number of hydrogen-bond acceptors (Lipinski definition) is 3. The largest absolute Gasteiger partial charge is 0.481 e. The number of piperidine rings is 1. The molecule has 0 aliphatic carbocycles. The van der Waals surface area contributed by atoms with Crippen LogP contribution >= 0.6 is 0 Å². The highest BCUT2D eigenvalue weighted by Crippen LogP contribution is 2.19. The van der Waals surface area contributed by atoms with Crippen molar-refractivity contribution in [2.45, 2.75) is 32.7 Å². The van der Waals surface area contributed by atoms with Crippen LogP contribution in [0.25, 0.3) is 0 Å². The van der Waals surface area contributed by atoms with Gasteiger partial charge in [0.05, 0.1) is 12.0 Å². The van der Waals surface area contributed by atoms with Crippen LogP contribution in [0.5, 0.6) is 0 Å². The van der Waals surface area contributed by atoms with E-state index in [0.717, 1.165) is 13.1 Å². The SMILES string of the molecule is CC(=O)C(C)N1CCC(C(=O)O)CC1. The number of rotatable bonds is 3. The third-order valence-corrected chi connectivity index (χ3v) is 3.01. The summed E-state index contributed by atoms with van der Waals surface area (Å²) in [6, 6.07) is -0.0651. The van der Waals surface area contributed by atoms with Crippen molar-refractivity contribution in [1.82, 2.24) is 4.90 Å². The van der Waals surface area contributed by atoms with Gasteiger partial charge in [0.25, 0.3) is 0 Å². The molecule has 1 aliphatic rings. The zero-order valence-electron chi connectivity index (χ0n) is 8.69. The number of Topliss-reactive ketones (excluding diaryl/α,β-unsaturated/α-hetero) is 1. The molecule has 0 aromatic heterocycles. The van der Waals surface area contributed by atoms with Gasteiger partial charge in [-0.05, 0) is 39.8 Å². The van der Waals surface area contributed by atoms with E-state index >= 15 is 0 Å². The first kappa shape index (κ1) is 11.2. The lowest BCUT2D eigenvalue weighted by molar-refractivity contribution is -0.143. The molecule has 4 nitrogen and oxygen atoms in total. The summed E-state index contributed by atoms with van der Waals surface area (Å²) in [7, 11) is 0. The summed E-state index contributed by atoms with van der Waals surface area (Å²) in [6.45, 7) is 4.90. The normalized spacial score (nSPS) is 21.9. The minimum atomic E-state index is -0.708. The molecule has 0 radical (unpaired) electrons. The van der Waals surface area contributed by atoms with Crippen molar-refractivity contribution in [3.8, 4) is 0 Å². The topological polar surface area (TPSA) is 57.6 Å². The van der Waals surface area contributed by atoms with Crippen LogP contribution in [0.1, 0.15) is 26.7 Å². The molecule has 1 N–H and O–H groups in total. The number of carboxylic acids is 1. The molecule has 1 saturated heterocycles. The second kappa shape index (κ2) is 4.55. The van der Waals surface area contributed by atoms with Crippen molar-refractivity contribution in [3.63, 3.8) is 0 Å². The molecule has 0 aromatic carbocycles. The summed E-state index contributed by atoms with van der Waals surface area (Å²) in [4.78, 5) is 23.8. The Morgan fingerprint density at radius 2 is 1.86 bits per heavy atom. The number of likely N-dealkylation sites (tertiary alicyclic amines) is 1. The lowest BCUT2D eigenvalue weighted by Gasteiger charge is -2.33. The fourth-order valence-corrected chi connectivity index (χ4v) is 1.79. The van der Waals surface area contributed by atoms with Crippen LogP contribution in [-0.4, -0.2) is 40.9 Å². The Balaban J connectivity index is 2.43. The summed E-state index contributed by atoms with van der Waals surface area (Å²) < 4.78 is 0. The predicted molar refractivity (Wildman–Crippen MR) is 52.1 cm³/mol. The van der Waals surface area contributed by atoms with E-state index in [2.05, 4.69) is 4.90 Å². The first-order chi connectivity index (χ1) is 6.52. The first-order valence-corrected chi connectivity index (χ1v) is 4.99. The molecule has 0 bridgehead atoms. The highest BCUT2D eigenvalue weighted by molar-refractivity contribution is 5.81. The molecule has 0 amide bonds. The molecule has 0 aromatic rings. The molecule has 1 atom stereocenters. The first-order valence-electron chi connectivity index (χ1n) is 4.99. The Labute approximate surface area is 83.9 Å². The molecule has 1 unspecified atom stereocenters. The van der Waals surface area contributed by atoms with Crippen LogP contribution in [0.2, 0.25) is 0 Å². The minimum absolute atomic E-state index is 0.0651. The van der Waals surface area contributed by atoms with E-state index in [1.54, 1.807) is 6.92 Å². The van der Waals surface area contributed by atoms with Crippen molar-refractivity contribution in [2.24, 2.45) is 5.92 Å². The third-order valence-electron chi connectivity index (χ3n) is 3.01. The van der Waals surface area contributed by atoms with Gasteiger partial charge < -0.3 is 5.11 Å². The van der Waals surface area contributed by atoms with Gasteiger partial charge in [0.2, 0.25) is 0 Å². The van der Waals surface area contributed by atoms with Crippen LogP contribution in [0.3, 0.4) is 0 Å². The average molecular weight is 199 g/mol. The molecule has 4 heteroatoms. The monoisotopic (exact) mass is 199 g/mol. The second-order valence-corrected chi connectivity index (χ2v) is 3.94. The van der Waals surface area contributed by atoms with Gasteiger partial charge in [-0.15, -0.1) is 0 Å².